The summed E-state index contributed by atoms with van der Waals surface area (Å²) in [6.45, 7) is 0. The maximum absolute atomic E-state index is 13.3. The van der Waals surface area contributed by atoms with Gasteiger partial charge >= 0.3 is 0 Å². The summed E-state index contributed by atoms with van der Waals surface area (Å²) in [5, 5.41) is 11.9. The highest BCUT2D eigenvalue weighted by atomic mass is 32.1. The molecule has 0 atom stereocenters. The van der Waals surface area contributed by atoms with Gasteiger partial charge in [-0.15, -0.1) is 21.5 Å². The molecule has 122 valence electrons. The van der Waals surface area contributed by atoms with Crippen LogP contribution < -0.4 is 10.1 Å². The van der Waals surface area contributed by atoms with Crippen LogP contribution in [0.15, 0.2) is 35.7 Å². The van der Waals surface area contributed by atoms with Crippen molar-refractivity contribution in [3.05, 3.63) is 53.0 Å². The first kappa shape index (κ1) is 15.9. The van der Waals surface area contributed by atoms with Gasteiger partial charge in [0.25, 0.3) is 5.91 Å². The van der Waals surface area contributed by atoms with Crippen molar-refractivity contribution in [2.45, 2.75) is 0 Å². The van der Waals surface area contributed by atoms with Crippen molar-refractivity contribution in [3.63, 3.8) is 0 Å². The maximum Gasteiger partial charge on any atom is 0.277 e. The van der Waals surface area contributed by atoms with E-state index in [2.05, 4.69) is 20.5 Å². The minimum Gasteiger partial charge on any atom is -0.480 e. The molecule has 0 saturated carbocycles. The molecule has 24 heavy (non-hydrogen) atoms. The molecule has 0 unspecified atom stereocenters. The van der Waals surface area contributed by atoms with Crippen molar-refractivity contribution in [2.24, 2.45) is 0 Å². The largest absolute Gasteiger partial charge is 0.480 e. The van der Waals surface area contributed by atoms with Crippen molar-refractivity contribution in [1.29, 1.82) is 0 Å². The number of halogens is 2. The second-order valence-electron chi connectivity index (χ2n) is 4.58. The van der Waals surface area contributed by atoms with Gasteiger partial charge in [-0.05, 0) is 24.3 Å². The highest BCUT2D eigenvalue weighted by molar-refractivity contribution is 7.14. The van der Waals surface area contributed by atoms with Crippen LogP contribution in [0, 0.1) is 11.6 Å². The van der Waals surface area contributed by atoms with E-state index >= 15 is 0 Å². The Bertz CT molecular complexity index is 883. The Morgan fingerprint density at radius 2 is 2.00 bits per heavy atom. The molecular weight excluding hydrogens is 338 g/mol. The summed E-state index contributed by atoms with van der Waals surface area (Å²) < 4.78 is 31.1. The lowest BCUT2D eigenvalue weighted by Crippen LogP contribution is -2.14. The first-order chi connectivity index (χ1) is 11.6. The predicted octanol–water partition coefficient (Wildman–Crippen LogP) is 3.14. The molecule has 2 heterocycles. The summed E-state index contributed by atoms with van der Waals surface area (Å²) in [5.74, 6) is -2.09. The van der Waals surface area contributed by atoms with Gasteiger partial charge in [-0.3, -0.25) is 10.1 Å². The van der Waals surface area contributed by atoms with Crippen molar-refractivity contribution in [3.8, 4) is 17.1 Å². The van der Waals surface area contributed by atoms with Crippen molar-refractivity contribution in [1.82, 2.24) is 15.2 Å². The van der Waals surface area contributed by atoms with E-state index in [-0.39, 0.29) is 5.69 Å². The number of methoxy groups -OCH3 is 1. The first-order valence-corrected chi connectivity index (χ1v) is 7.55. The average molecular weight is 348 g/mol. The van der Waals surface area contributed by atoms with Gasteiger partial charge in [-0.25, -0.2) is 13.8 Å². The third-order valence-corrected chi connectivity index (χ3v) is 3.78. The van der Waals surface area contributed by atoms with Gasteiger partial charge in [-0.1, -0.05) is 0 Å². The summed E-state index contributed by atoms with van der Waals surface area (Å²) in [7, 11) is 1.44. The number of nitrogens with zero attached hydrogens (tertiary/aromatic N) is 3. The van der Waals surface area contributed by atoms with Gasteiger partial charge in [0.05, 0.1) is 12.8 Å². The SMILES string of the molecule is COc1ccc(C(=O)Nc2nc(-c3ccc(F)c(F)c3)cs2)nn1. The number of thiazole rings is 1. The second-order valence-corrected chi connectivity index (χ2v) is 5.44. The van der Waals surface area contributed by atoms with Gasteiger partial charge < -0.3 is 4.74 Å². The van der Waals surface area contributed by atoms with Gasteiger partial charge in [0, 0.05) is 17.0 Å². The molecule has 0 saturated heterocycles. The predicted molar refractivity (Wildman–Crippen MR) is 84.0 cm³/mol. The summed E-state index contributed by atoms with van der Waals surface area (Å²) in [6.07, 6.45) is 0. The molecule has 0 aliphatic heterocycles. The smallest absolute Gasteiger partial charge is 0.277 e. The summed E-state index contributed by atoms with van der Waals surface area (Å²) in [4.78, 5) is 16.2. The van der Waals surface area contributed by atoms with Crippen LogP contribution in [0.1, 0.15) is 10.5 Å². The molecular formula is C15H10F2N4O2S. The third kappa shape index (κ3) is 3.35. The fourth-order valence-corrected chi connectivity index (χ4v) is 2.55. The molecule has 2 aromatic heterocycles. The Morgan fingerprint density at radius 1 is 1.17 bits per heavy atom. The van der Waals surface area contributed by atoms with Crippen LogP contribution >= 0.6 is 11.3 Å². The van der Waals surface area contributed by atoms with Gasteiger partial charge in [0.15, 0.2) is 22.5 Å². The lowest BCUT2D eigenvalue weighted by molar-refractivity contribution is 0.102. The van der Waals surface area contributed by atoms with Crippen LogP contribution in [0.5, 0.6) is 5.88 Å². The lowest BCUT2D eigenvalue weighted by Gasteiger charge is -2.01. The fraction of sp³-hybridized carbons (Fsp3) is 0.0667. The highest BCUT2D eigenvalue weighted by Gasteiger charge is 2.13. The number of carbonyl (C=O) groups is 1. The number of benzene rings is 1. The van der Waals surface area contributed by atoms with E-state index < -0.39 is 17.5 Å². The van der Waals surface area contributed by atoms with E-state index in [0.717, 1.165) is 23.5 Å². The van der Waals surface area contributed by atoms with Gasteiger partial charge in [-0.2, -0.15) is 0 Å². The van der Waals surface area contributed by atoms with Crippen molar-refractivity contribution >= 4 is 22.4 Å². The van der Waals surface area contributed by atoms with Crippen LogP contribution in [0.2, 0.25) is 0 Å². The number of carbonyl (C=O) groups excluding carboxylic acids is 1. The van der Waals surface area contributed by atoms with Crippen molar-refractivity contribution in [2.75, 3.05) is 12.4 Å². The van der Waals surface area contributed by atoms with E-state index in [4.69, 9.17) is 4.74 Å². The molecule has 1 N–H and O–H groups in total. The number of anilines is 1. The van der Waals surface area contributed by atoms with E-state index in [1.165, 1.54) is 25.3 Å². The quantitative estimate of drug-likeness (QED) is 0.784. The zero-order chi connectivity index (χ0) is 17.1. The molecule has 0 aliphatic carbocycles. The Hall–Kier alpha value is -2.94. The van der Waals surface area contributed by atoms with Crippen LogP contribution in [-0.4, -0.2) is 28.2 Å². The number of nitrogens with one attached hydrogen (secondary N) is 1. The molecule has 0 bridgehead atoms. The van der Waals surface area contributed by atoms with E-state index in [1.54, 1.807) is 5.38 Å². The normalized spacial score (nSPS) is 10.5. The van der Waals surface area contributed by atoms with Gasteiger partial charge in [0.2, 0.25) is 5.88 Å². The van der Waals surface area contributed by atoms with E-state index in [9.17, 15) is 13.6 Å². The van der Waals surface area contributed by atoms with Crippen LogP contribution in [0.4, 0.5) is 13.9 Å². The molecule has 1 amide bonds. The summed E-state index contributed by atoms with van der Waals surface area (Å²) in [5.41, 5.74) is 0.935. The van der Waals surface area contributed by atoms with Crippen LogP contribution in [0.25, 0.3) is 11.3 Å². The minimum atomic E-state index is -0.959. The molecule has 1 aromatic carbocycles. The number of rotatable bonds is 4. The molecule has 6 nitrogen and oxygen atoms in total. The molecule has 3 aromatic rings. The molecule has 0 spiro atoms. The summed E-state index contributed by atoms with van der Waals surface area (Å²) in [6, 6.07) is 6.45. The number of amides is 1. The Labute approximate surface area is 139 Å². The van der Waals surface area contributed by atoms with Gasteiger partial charge in [0.1, 0.15) is 0 Å². The van der Waals surface area contributed by atoms with Crippen molar-refractivity contribution < 1.29 is 18.3 Å². The lowest BCUT2D eigenvalue weighted by atomic mass is 10.2. The molecule has 0 aliphatic rings. The first-order valence-electron chi connectivity index (χ1n) is 6.67. The zero-order valence-corrected chi connectivity index (χ0v) is 13.1. The monoisotopic (exact) mass is 348 g/mol. The standard InChI is InChI=1S/C15H10F2N4O2S/c1-23-13-5-4-11(20-21-13)14(22)19-15-18-12(7-24-15)8-2-3-9(16)10(17)6-8/h2-7H,1H3,(H,18,19,22). The third-order valence-electron chi connectivity index (χ3n) is 3.02. The number of hydrogen-bond donors (Lipinski definition) is 1. The molecule has 0 fully saturated rings. The molecule has 9 heteroatoms. The average Bonchev–Trinajstić information content (AvgIpc) is 3.06. The van der Waals surface area contributed by atoms with Crippen LogP contribution in [0.3, 0.4) is 0 Å². The maximum atomic E-state index is 13.3. The second kappa shape index (κ2) is 6.67. The Morgan fingerprint density at radius 3 is 2.67 bits per heavy atom. The number of aromatic nitrogens is 3. The van der Waals surface area contributed by atoms with E-state index in [1.807, 2.05) is 0 Å². The summed E-state index contributed by atoms with van der Waals surface area (Å²) >= 11 is 1.15. The van der Waals surface area contributed by atoms with E-state index in [0.29, 0.717) is 22.3 Å². The topological polar surface area (TPSA) is 77.0 Å². The Balaban J connectivity index is 1.75. The zero-order valence-electron chi connectivity index (χ0n) is 12.3. The highest BCUT2D eigenvalue weighted by Crippen LogP contribution is 2.26. The van der Waals surface area contributed by atoms with Crippen LogP contribution in [-0.2, 0) is 0 Å². The number of ether oxygens (including phenoxy) is 1. The minimum absolute atomic E-state index is 0.0976. The molecule has 3 rings (SSSR count). The molecule has 0 radical (unpaired) electrons. The number of hydrogen-bond acceptors (Lipinski definition) is 6. The fourth-order valence-electron chi connectivity index (χ4n) is 1.83. The Kier molecular flexibility index (Phi) is 4.43.